The number of unbranched alkanes of at least 4 members (excludes halogenated alkanes) is 1. The summed E-state index contributed by atoms with van der Waals surface area (Å²) >= 11 is 7.93. The molecule has 2 rings (SSSR count). The van der Waals surface area contributed by atoms with Gasteiger partial charge in [0.1, 0.15) is 12.1 Å². The van der Waals surface area contributed by atoms with Crippen molar-refractivity contribution in [2.45, 2.75) is 38.8 Å². The van der Waals surface area contributed by atoms with Gasteiger partial charge in [-0.05, 0) is 36.1 Å². The molecule has 0 bridgehead atoms. The Morgan fingerprint density at radius 2 is 2.12 bits per heavy atom. The average Bonchev–Trinajstić information content (AvgIpc) is 3.13. The largest absolute Gasteiger partial charge is 0.354 e. The van der Waals surface area contributed by atoms with Gasteiger partial charge in [0.15, 0.2) is 0 Å². The van der Waals surface area contributed by atoms with Crippen molar-refractivity contribution >= 4 is 34.5 Å². The number of likely N-dealkylation sites (N-methyl/N-ethyl adjacent to an activating group) is 1. The van der Waals surface area contributed by atoms with Crippen molar-refractivity contribution in [1.29, 1.82) is 5.26 Å². The highest BCUT2D eigenvalue weighted by Crippen LogP contribution is 2.29. The van der Waals surface area contributed by atoms with Crippen LogP contribution in [0.4, 0.5) is 5.69 Å². The summed E-state index contributed by atoms with van der Waals surface area (Å²) in [5.74, 6) is 0.0792. The van der Waals surface area contributed by atoms with E-state index >= 15 is 0 Å². The Kier molecular flexibility index (Phi) is 7.50. The van der Waals surface area contributed by atoms with E-state index in [0.717, 1.165) is 24.9 Å². The second-order valence-corrected chi connectivity index (χ2v) is 7.81. The van der Waals surface area contributed by atoms with E-state index in [0.29, 0.717) is 17.1 Å². The molecule has 138 valence electrons. The Hall–Kier alpha value is -2.03. The van der Waals surface area contributed by atoms with Gasteiger partial charge < -0.3 is 9.80 Å². The summed E-state index contributed by atoms with van der Waals surface area (Å²) in [5.41, 5.74) is 1.30. The Balaban J connectivity index is 2.45. The fraction of sp³-hybridized carbons (Fsp3) is 0.400. The molecule has 0 aliphatic carbocycles. The summed E-state index contributed by atoms with van der Waals surface area (Å²) in [5, 5.41) is 11.6. The highest BCUT2D eigenvalue weighted by atomic mass is 35.5. The van der Waals surface area contributed by atoms with Crippen molar-refractivity contribution in [3.63, 3.8) is 0 Å². The average molecular weight is 390 g/mol. The first kappa shape index (κ1) is 20.3. The van der Waals surface area contributed by atoms with Gasteiger partial charge in [0.2, 0.25) is 5.91 Å². The summed E-state index contributed by atoms with van der Waals surface area (Å²) in [4.78, 5) is 17.8. The number of anilines is 1. The van der Waals surface area contributed by atoms with Crippen molar-refractivity contribution in [2.75, 3.05) is 19.0 Å². The zero-order valence-corrected chi connectivity index (χ0v) is 17.0. The van der Waals surface area contributed by atoms with Crippen molar-refractivity contribution in [2.24, 2.45) is 0 Å². The van der Waals surface area contributed by atoms with Crippen LogP contribution in [0.5, 0.6) is 0 Å². The zero-order chi connectivity index (χ0) is 19.1. The van der Waals surface area contributed by atoms with E-state index in [2.05, 4.69) is 24.0 Å². The highest BCUT2D eigenvalue weighted by molar-refractivity contribution is 7.09. The predicted molar refractivity (Wildman–Crippen MR) is 109 cm³/mol. The summed E-state index contributed by atoms with van der Waals surface area (Å²) < 4.78 is 0. The third kappa shape index (κ3) is 5.00. The first-order valence-electron chi connectivity index (χ1n) is 8.67. The van der Waals surface area contributed by atoms with E-state index in [9.17, 15) is 4.79 Å². The normalized spacial score (nSPS) is 11.7. The molecule has 0 aliphatic heterocycles. The van der Waals surface area contributed by atoms with E-state index in [-0.39, 0.29) is 11.9 Å². The number of thiophene rings is 1. The van der Waals surface area contributed by atoms with Crippen LogP contribution in [0.15, 0.2) is 35.7 Å². The number of carbonyl (C=O) groups is 1. The minimum absolute atomic E-state index is 0.0792. The first-order chi connectivity index (χ1) is 12.5. The van der Waals surface area contributed by atoms with Crippen LogP contribution in [0.3, 0.4) is 0 Å². The number of halogens is 1. The second-order valence-electron chi connectivity index (χ2n) is 6.37. The summed E-state index contributed by atoms with van der Waals surface area (Å²) in [6.07, 6.45) is 2.77. The van der Waals surface area contributed by atoms with E-state index in [1.165, 1.54) is 4.88 Å². The third-order valence-corrected chi connectivity index (χ3v) is 5.42. The molecule has 0 spiro atoms. The molecular formula is C20H24ClN3OS. The van der Waals surface area contributed by atoms with Gasteiger partial charge in [-0.1, -0.05) is 37.4 Å². The molecule has 0 fully saturated rings. The van der Waals surface area contributed by atoms with Crippen LogP contribution in [0, 0.1) is 11.3 Å². The van der Waals surface area contributed by atoms with Gasteiger partial charge >= 0.3 is 0 Å². The molecule has 4 nitrogen and oxygen atoms in total. The zero-order valence-electron chi connectivity index (χ0n) is 15.4. The fourth-order valence-electron chi connectivity index (χ4n) is 2.83. The molecule has 1 amide bonds. The number of benzene rings is 1. The van der Waals surface area contributed by atoms with Gasteiger partial charge in [0.05, 0.1) is 17.1 Å². The van der Waals surface area contributed by atoms with E-state index < -0.39 is 0 Å². The van der Waals surface area contributed by atoms with Gasteiger partial charge in [-0.15, -0.1) is 11.3 Å². The lowest BCUT2D eigenvalue weighted by molar-refractivity contribution is -0.130. The highest BCUT2D eigenvalue weighted by Gasteiger charge is 2.28. The quantitative estimate of drug-likeness (QED) is 0.643. The molecule has 1 aromatic carbocycles. The third-order valence-electron chi connectivity index (χ3n) is 4.24. The van der Waals surface area contributed by atoms with Gasteiger partial charge in [-0.3, -0.25) is 4.79 Å². The SMILES string of the molecule is CCCCC(C(=O)N(C)C)N(Cc1cccs1)c1ccc(C#N)c(Cl)c1. The lowest BCUT2D eigenvalue weighted by atomic mass is 10.0. The molecule has 1 atom stereocenters. The summed E-state index contributed by atoms with van der Waals surface area (Å²) in [6, 6.07) is 11.3. The number of hydrogen-bond acceptors (Lipinski definition) is 4. The van der Waals surface area contributed by atoms with Gasteiger partial charge in [-0.2, -0.15) is 5.26 Å². The molecule has 0 saturated carbocycles. The predicted octanol–water partition coefficient (Wildman–Crippen LogP) is 4.93. The van der Waals surface area contributed by atoms with E-state index in [1.54, 1.807) is 42.5 Å². The Morgan fingerprint density at radius 1 is 1.35 bits per heavy atom. The Bertz CT molecular complexity index is 768. The van der Waals surface area contributed by atoms with Crippen LogP contribution in [0.2, 0.25) is 5.02 Å². The molecule has 0 aliphatic rings. The molecule has 1 aromatic heterocycles. The molecule has 0 saturated heterocycles. The van der Waals surface area contributed by atoms with Crippen molar-refractivity contribution < 1.29 is 4.79 Å². The minimum Gasteiger partial charge on any atom is -0.354 e. The standard InChI is InChI=1S/C20H24ClN3OS/c1-4-5-8-19(20(25)23(2)3)24(14-17-7-6-11-26-17)16-10-9-15(13-22)18(21)12-16/h6-7,9-12,19H,4-5,8,14H2,1-3H3. The van der Waals surface area contributed by atoms with E-state index in [4.69, 9.17) is 16.9 Å². The lowest BCUT2D eigenvalue weighted by Gasteiger charge is -2.34. The van der Waals surface area contributed by atoms with Gasteiger partial charge in [0, 0.05) is 24.7 Å². The number of nitrogens with zero attached hydrogens (tertiary/aromatic N) is 3. The van der Waals surface area contributed by atoms with Crippen LogP contribution in [-0.4, -0.2) is 30.9 Å². The van der Waals surface area contributed by atoms with E-state index in [1.807, 2.05) is 17.5 Å². The Morgan fingerprint density at radius 3 is 2.65 bits per heavy atom. The number of rotatable bonds is 8. The number of amides is 1. The van der Waals surface area contributed by atoms with Crippen LogP contribution in [0.25, 0.3) is 0 Å². The molecule has 26 heavy (non-hydrogen) atoms. The molecule has 1 heterocycles. The van der Waals surface area contributed by atoms with Crippen molar-refractivity contribution in [3.8, 4) is 6.07 Å². The van der Waals surface area contributed by atoms with Crippen LogP contribution in [-0.2, 0) is 11.3 Å². The molecule has 0 radical (unpaired) electrons. The smallest absolute Gasteiger partial charge is 0.244 e. The summed E-state index contributed by atoms with van der Waals surface area (Å²) in [6.45, 7) is 2.76. The van der Waals surface area contributed by atoms with Crippen LogP contribution in [0.1, 0.15) is 36.6 Å². The fourth-order valence-corrected chi connectivity index (χ4v) is 3.75. The number of nitriles is 1. The molecule has 2 aromatic rings. The van der Waals surface area contributed by atoms with Crippen molar-refractivity contribution in [1.82, 2.24) is 4.90 Å². The second kappa shape index (κ2) is 9.61. The maximum absolute atomic E-state index is 12.9. The molecule has 6 heteroatoms. The number of hydrogen-bond donors (Lipinski definition) is 0. The van der Waals surface area contributed by atoms with Gasteiger partial charge in [-0.25, -0.2) is 0 Å². The minimum atomic E-state index is -0.268. The van der Waals surface area contributed by atoms with Crippen LogP contribution < -0.4 is 4.90 Å². The monoisotopic (exact) mass is 389 g/mol. The maximum atomic E-state index is 12.9. The summed E-state index contributed by atoms with van der Waals surface area (Å²) in [7, 11) is 3.58. The maximum Gasteiger partial charge on any atom is 0.244 e. The molecular weight excluding hydrogens is 366 g/mol. The Labute approximate surface area is 164 Å². The first-order valence-corrected chi connectivity index (χ1v) is 9.93. The topological polar surface area (TPSA) is 47.3 Å². The van der Waals surface area contributed by atoms with Gasteiger partial charge in [0.25, 0.3) is 0 Å². The molecule has 0 N–H and O–H groups in total. The molecule has 1 unspecified atom stereocenters. The lowest BCUT2D eigenvalue weighted by Crippen LogP contribution is -2.46. The van der Waals surface area contributed by atoms with Crippen LogP contribution >= 0.6 is 22.9 Å². The van der Waals surface area contributed by atoms with Crippen molar-refractivity contribution in [3.05, 3.63) is 51.2 Å². The number of carbonyl (C=O) groups excluding carboxylic acids is 1.